The van der Waals surface area contributed by atoms with Crippen LogP contribution in [0.2, 0.25) is 0 Å². The fourth-order valence-corrected chi connectivity index (χ4v) is 9.66. The summed E-state index contributed by atoms with van der Waals surface area (Å²) in [4.78, 5) is 55.7. The highest BCUT2D eigenvalue weighted by Gasteiger charge is 2.72. The van der Waals surface area contributed by atoms with E-state index in [1.165, 1.54) is 38.5 Å². The number of esters is 2. The van der Waals surface area contributed by atoms with Crippen LogP contribution in [-0.4, -0.2) is 76.4 Å². The van der Waals surface area contributed by atoms with Crippen molar-refractivity contribution in [3.05, 3.63) is 47.2 Å². The number of aliphatic hydroxyl groups is 1. The third kappa shape index (κ3) is 11.6. The van der Waals surface area contributed by atoms with Crippen molar-refractivity contribution in [3.63, 3.8) is 0 Å². The lowest BCUT2D eigenvalue weighted by Gasteiger charge is -2.61. The summed E-state index contributed by atoms with van der Waals surface area (Å²) in [6.45, 7) is 13.4. The van der Waals surface area contributed by atoms with Crippen molar-refractivity contribution in [2.24, 2.45) is 5.92 Å². The molecule has 2 heterocycles. The number of hydrogen-bond acceptors (Lipinski definition) is 11. The summed E-state index contributed by atoms with van der Waals surface area (Å²) in [5.74, 6) is -1.82. The Bertz CT molecular complexity index is 1740. The second-order valence-corrected chi connectivity index (χ2v) is 19.6. The summed E-state index contributed by atoms with van der Waals surface area (Å²) in [6.07, 6.45) is 20.6. The van der Waals surface area contributed by atoms with Crippen molar-refractivity contribution in [2.75, 3.05) is 13.6 Å². The Morgan fingerprint density at radius 2 is 1.50 bits per heavy atom. The van der Waals surface area contributed by atoms with E-state index in [1.54, 1.807) is 53.7 Å². The normalized spacial score (nSPS) is 23.6. The van der Waals surface area contributed by atoms with Gasteiger partial charge in [-0.3, -0.25) is 14.4 Å². The maximum Gasteiger partial charge on any atom is 0.514 e. The van der Waals surface area contributed by atoms with Crippen molar-refractivity contribution >= 4 is 23.9 Å². The van der Waals surface area contributed by atoms with E-state index >= 15 is 0 Å². The first-order valence-electron chi connectivity index (χ1n) is 22.8. The molecule has 1 aromatic rings. The molecule has 0 aromatic heterocycles. The molecule has 1 unspecified atom stereocenters. The van der Waals surface area contributed by atoms with Crippen LogP contribution in [-0.2, 0) is 40.4 Å². The molecule has 60 heavy (non-hydrogen) atoms. The van der Waals surface area contributed by atoms with E-state index < -0.39 is 52.3 Å². The van der Waals surface area contributed by atoms with Gasteiger partial charge in [0, 0.05) is 30.9 Å². The van der Waals surface area contributed by atoms with Gasteiger partial charge in [0.05, 0.1) is 23.4 Å². The molecule has 2 bridgehead atoms. The van der Waals surface area contributed by atoms with E-state index in [9.17, 15) is 24.3 Å². The average Bonchev–Trinajstić information content (AvgIpc) is 3.51. The van der Waals surface area contributed by atoms with Crippen LogP contribution in [0, 0.1) is 5.92 Å². The monoisotopic (exact) mass is 836 g/mol. The number of unbranched alkanes of at least 4 members (excludes halogenated alkanes) is 11. The number of likely N-dealkylation sites (tertiary alicyclic amines) is 1. The van der Waals surface area contributed by atoms with Crippen LogP contribution in [0.3, 0.4) is 0 Å². The highest BCUT2D eigenvalue weighted by atomic mass is 16.7. The van der Waals surface area contributed by atoms with Crippen molar-refractivity contribution in [3.8, 4) is 11.5 Å². The number of benzene rings is 1. The second kappa shape index (κ2) is 20.4. The second-order valence-electron chi connectivity index (χ2n) is 19.6. The Hall–Kier alpha value is -3.70. The first kappa shape index (κ1) is 47.4. The molecule has 1 fully saturated rings. The Labute approximate surface area is 358 Å². The van der Waals surface area contributed by atoms with Crippen molar-refractivity contribution in [1.29, 1.82) is 0 Å². The van der Waals surface area contributed by atoms with E-state index in [0.717, 1.165) is 49.7 Å². The fourth-order valence-electron chi connectivity index (χ4n) is 9.66. The lowest BCUT2D eigenvalue weighted by Crippen LogP contribution is -2.74. The van der Waals surface area contributed by atoms with Gasteiger partial charge < -0.3 is 33.7 Å². The zero-order valence-corrected chi connectivity index (χ0v) is 37.8. The summed E-state index contributed by atoms with van der Waals surface area (Å²) < 4.78 is 29.6. The Morgan fingerprint density at radius 3 is 2.15 bits per heavy atom. The first-order valence-corrected chi connectivity index (χ1v) is 22.8. The van der Waals surface area contributed by atoms with Crippen LogP contribution in [0.15, 0.2) is 36.1 Å². The Morgan fingerprint density at radius 1 is 0.867 bits per heavy atom. The summed E-state index contributed by atoms with van der Waals surface area (Å²) in [5, 5.41) is 12.7. The molecule has 334 valence electrons. The van der Waals surface area contributed by atoms with Gasteiger partial charge in [0.25, 0.3) is 0 Å². The number of Topliss-reactive ketones (excluding diaryl/α,β-unsaturated/α-hetero) is 1. The molecule has 5 atom stereocenters. The molecule has 5 rings (SSSR count). The van der Waals surface area contributed by atoms with E-state index in [1.807, 2.05) is 13.1 Å². The summed E-state index contributed by atoms with van der Waals surface area (Å²) in [6, 6.07) is 3.34. The standard InChI is InChI=1S/C49H73NO10/c1-9-10-11-12-13-14-15-16-17-18-19-20-21-22-23-24-36(51)31-35(33-40(52)59-46(2,3)4)44(53)56-38-27-28-49(55)39-32-34-25-26-37(57-45(54)60-47(5,6)7)42-41(34)48(49,43(38)58-42)29-30-50(39)8/h16-17,25-27,35,39,43,55H,9-15,18-24,28-33H2,1-8H3/t35-,39?,43-,48-,49-/m0/s1. The smallest absolute Gasteiger partial charge is 0.477 e. The highest BCUT2D eigenvalue weighted by molar-refractivity contribution is 5.88. The fraction of sp³-hybridized carbons (Fsp3) is 0.714. The molecule has 1 N–H and O–H groups in total. The molecule has 2 aliphatic carbocycles. The van der Waals surface area contributed by atoms with E-state index in [-0.39, 0.29) is 42.6 Å². The highest BCUT2D eigenvalue weighted by Crippen LogP contribution is 2.65. The van der Waals surface area contributed by atoms with Crippen LogP contribution in [0.5, 0.6) is 11.5 Å². The van der Waals surface area contributed by atoms with Gasteiger partial charge in [-0.25, -0.2) is 4.79 Å². The van der Waals surface area contributed by atoms with E-state index in [4.69, 9.17) is 23.7 Å². The van der Waals surface area contributed by atoms with Crippen LogP contribution < -0.4 is 9.47 Å². The maximum absolute atomic E-state index is 14.2. The number of ether oxygens (including phenoxy) is 5. The minimum Gasteiger partial charge on any atom is -0.477 e. The predicted molar refractivity (Wildman–Crippen MR) is 231 cm³/mol. The Kier molecular flexibility index (Phi) is 16.1. The van der Waals surface area contributed by atoms with Crippen molar-refractivity contribution in [2.45, 2.75) is 205 Å². The lowest BCUT2D eigenvalue weighted by atomic mass is 9.50. The molecular formula is C49H73NO10. The van der Waals surface area contributed by atoms with Crippen molar-refractivity contribution in [1.82, 2.24) is 4.90 Å². The van der Waals surface area contributed by atoms with Crippen LogP contribution in [0.4, 0.5) is 4.79 Å². The zero-order chi connectivity index (χ0) is 43.7. The number of carbonyl (C=O) groups is 4. The van der Waals surface area contributed by atoms with Gasteiger partial charge in [0.1, 0.15) is 22.7 Å². The quantitative estimate of drug-likeness (QED) is 0.0393. The number of ketones is 1. The van der Waals surface area contributed by atoms with Gasteiger partial charge in [0.2, 0.25) is 0 Å². The van der Waals surface area contributed by atoms with Crippen LogP contribution in [0.1, 0.15) is 175 Å². The largest absolute Gasteiger partial charge is 0.514 e. The van der Waals surface area contributed by atoms with E-state index in [0.29, 0.717) is 38.0 Å². The van der Waals surface area contributed by atoms with Crippen molar-refractivity contribution < 1.29 is 48.0 Å². The molecule has 0 radical (unpaired) electrons. The molecular weight excluding hydrogens is 763 g/mol. The number of allylic oxidation sites excluding steroid dienone is 2. The third-order valence-corrected chi connectivity index (χ3v) is 12.5. The molecule has 4 aliphatic rings. The molecule has 0 saturated carbocycles. The number of nitrogens with zero attached hydrogens (tertiary/aromatic N) is 1. The molecule has 11 nitrogen and oxygen atoms in total. The van der Waals surface area contributed by atoms with Gasteiger partial charge in [-0.1, -0.05) is 76.5 Å². The van der Waals surface area contributed by atoms with Crippen LogP contribution in [0.25, 0.3) is 0 Å². The Balaban J connectivity index is 1.23. The van der Waals surface area contributed by atoms with Gasteiger partial charge in [-0.2, -0.15) is 0 Å². The molecule has 1 saturated heterocycles. The summed E-state index contributed by atoms with van der Waals surface area (Å²) >= 11 is 0. The molecule has 1 spiro atoms. The maximum atomic E-state index is 14.2. The minimum absolute atomic E-state index is 0.104. The van der Waals surface area contributed by atoms with Gasteiger partial charge >= 0.3 is 18.1 Å². The van der Waals surface area contributed by atoms with Gasteiger partial charge in [-0.05, 0) is 118 Å². The lowest BCUT2D eigenvalue weighted by molar-refractivity contribution is -0.172. The number of likely N-dealkylation sites (N-methyl/N-ethyl adjacent to an activating group) is 1. The van der Waals surface area contributed by atoms with Gasteiger partial charge in [0.15, 0.2) is 17.6 Å². The minimum atomic E-state index is -1.28. The molecule has 1 aromatic carbocycles. The number of rotatable bonds is 22. The molecule has 2 aliphatic heterocycles. The number of hydrogen-bond donors (Lipinski definition) is 1. The SMILES string of the molecule is CCCCCCCCC=CCCCCCCCC(=O)C[C@@H](CC(=O)OC(C)(C)C)C(=O)OC1=CC[C@]2(O)C3Cc4ccc(OC(=O)OC(C)(C)C)c5c4[C@@]2(CCN3C)[C@H]1O5. The summed E-state index contributed by atoms with van der Waals surface area (Å²) in [7, 11) is 2.00. The van der Waals surface area contributed by atoms with Crippen LogP contribution >= 0.6 is 0 Å². The van der Waals surface area contributed by atoms with Gasteiger partial charge in [-0.15, -0.1) is 0 Å². The molecule has 11 heteroatoms. The molecule has 0 amide bonds. The average molecular weight is 836 g/mol. The topological polar surface area (TPSA) is 138 Å². The predicted octanol–water partition coefficient (Wildman–Crippen LogP) is 10.2. The van der Waals surface area contributed by atoms with E-state index in [2.05, 4.69) is 24.0 Å². The number of carbonyl (C=O) groups excluding carboxylic acids is 4. The first-order chi connectivity index (χ1) is 28.4. The number of piperidine rings is 1. The summed E-state index contributed by atoms with van der Waals surface area (Å²) in [5.41, 5.74) is -2.14. The zero-order valence-electron chi connectivity index (χ0n) is 37.8. The third-order valence-electron chi connectivity index (χ3n) is 12.5.